The van der Waals surface area contributed by atoms with E-state index in [9.17, 15) is 4.79 Å². The van der Waals surface area contributed by atoms with Crippen LogP contribution in [0.15, 0.2) is 40.0 Å². The van der Waals surface area contributed by atoms with Gasteiger partial charge in [0.15, 0.2) is 16.8 Å². The Balaban J connectivity index is 1.71. The van der Waals surface area contributed by atoms with Crippen LogP contribution in [0.4, 0.5) is 5.82 Å². The Kier molecular flexibility index (Phi) is 5.60. The Morgan fingerprint density at radius 3 is 2.46 bits per heavy atom. The van der Waals surface area contributed by atoms with Gasteiger partial charge in [-0.25, -0.2) is 0 Å². The number of nitrogens with one attached hydrogen (secondary N) is 1. The zero-order valence-corrected chi connectivity index (χ0v) is 17.8. The molecule has 2 heterocycles. The molecular formula is C20H25N5O2S. The molecule has 148 valence electrons. The van der Waals surface area contributed by atoms with Crippen molar-refractivity contribution in [1.29, 1.82) is 0 Å². The second kappa shape index (κ2) is 7.79. The number of amides is 1. The van der Waals surface area contributed by atoms with Crippen molar-refractivity contribution >= 4 is 23.5 Å². The summed E-state index contributed by atoms with van der Waals surface area (Å²) in [6.45, 7) is 10.2. The minimum absolute atomic E-state index is 0.102. The van der Waals surface area contributed by atoms with Crippen LogP contribution < -0.4 is 5.32 Å². The lowest BCUT2D eigenvalue weighted by Gasteiger charge is -2.19. The molecule has 0 saturated carbocycles. The fourth-order valence-corrected chi connectivity index (χ4v) is 3.47. The number of benzene rings is 1. The summed E-state index contributed by atoms with van der Waals surface area (Å²) in [4.78, 5) is 12.4. The standard InChI is InChI=1S/C20H25N5O2S/c1-12-11-16(24-27-12)21-18(26)13(2)28-19-23-22-17(25(19)6)14-7-9-15(10-8-14)20(3,4)5/h7-11,13H,1-6H3,(H,21,24,26). The van der Waals surface area contributed by atoms with Crippen molar-refractivity contribution in [2.75, 3.05) is 5.32 Å². The van der Waals surface area contributed by atoms with Gasteiger partial charge in [0.05, 0.1) is 5.25 Å². The fraction of sp³-hybridized carbons (Fsp3) is 0.400. The van der Waals surface area contributed by atoms with Gasteiger partial charge in [0.1, 0.15) is 5.76 Å². The third-order valence-electron chi connectivity index (χ3n) is 4.37. The molecule has 0 radical (unpaired) electrons. The average molecular weight is 400 g/mol. The Hall–Kier alpha value is -2.61. The van der Waals surface area contributed by atoms with Crippen LogP contribution in [0, 0.1) is 6.92 Å². The number of hydrogen-bond donors (Lipinski definition) is 1. The van der Waals surface area contributed by atoms with Gasteiger partial charge in [-0.2, -0.15) is 0 Å². The van der Waals surface area contributed by atoms with E-state index >= 15 is 0 Å². The number of thioether (sulfide) groups is 1. The van der Waals surface area contributed by atoms with Crippen LogP contribution in [0.3, 0.4) is 0 Å². The summed E-state index contributed by atoms with van der Waals surface area (Å²) in [7, 11) is 1.90. The Morgan fingerprint density at radius 1 is 1.21 bits per heavy atom. The molecule has 1 atom stereocenters. The minimum Gasteiger partial charge on any atom is -0.360 e. The summed E-state index contributed by atoms with van der Waals surface area (Å²) in [6, 6.07) is 10.0. The predicted octanol–water partition coefficient (Wildman–Crippen LogP) is 4.20. The average Bonchev–Trinajstić information content (AvgIpc) is 3.20. The first-order valence-electron chi connectivity index (χ1n) is 9.06. The van der Waals surface area contributed by atoms with Gasteiger partial charge in [-0.15, -0.1) is 10.2 Å². The lowest BCUT2D eigenvalue weighted by Crippen LogP contribution is -2.23. The van der Waals surface area contributed by atoms with Crippen molar-refractivity contribution in [3.05, 3.63) is 41.7 Å². The number of carbonyl (C=O) groups excluding carboxylic acids is 1. The van der Waals surface area contributed by atoms with Crippen molar-refractivity contribution in [2.45, 2.75) is 50.4 Å². The van der Waals surface area contributed by atoms with Gasteiger partial charge in [0.2, 0.25) is 5.91 Å². The van der Waals surface area contributed by atoms with Crippen molar-refractivity contribution < 1.29 is 9.32 Å². The Morgan fingerprint density at radius 2 is 1.89 bits per heavy atom. The minimum atomic E-state index is -0.365. The molecule has 2 aromatic heterocycles. The lowest BCUT2D eigenvalue weighted by molar-refractivity contribution is -0.115. The van der Waals surface area contributed by atoms with Crippen molar-refractivity contribution in [2.24, 2.45) is 7.05 Å². The summed E-state index contributed by atoms with van der Waals surface area (Å²) < 4.78 is 6.87. The number of aryl methyl sites for hydroxylation is 1. The summed E-state index contributed by atoms with van der Waals surface area (Å²) in [5.41, 5.74) is 2.36. The highest BCUT2D eigenvalue weighted by Crippen LogP contribution is 2.28. The van der Waals surface area contributed by atoms with Gasteiger partial charge in [0.25, 0.3) is 0 Å². The first kappa shape index (κ1) is 20.1. The van der Waals surface area contributed by atoms with E-state index in [2.05, 4.69) is 65.7 Å². The summed E-state index contributed by atoms with van der Waals surface area (Å²) in [5.74, 6) is 1.65. The van der Waals surface area contributed by atoms with Gasteiger partial charge in [-0.3, -0.25) is 4.79 Å². The Labute approximate surface area is 168 Å². The molecular weight excluding hydrogens is 374 g/mol. The van der Waals surface area contributed by atoms with E-state index in [-0.39, 0.29) is 16.6 Å². The quantitative estimate of drug-likeness (QED) is 0.647. The Bertz CT molecular complexity index is 969. The van der Waals surface area contributed by atoms with E-state index in [0.29, 0.717) is 16.7 Å². The van der Waals surface area contributed by atoms with Gasteiger partial charge in [-0.05, 0) is 24.8 Å². The molecule has 1 aromatic carbocycles. The zero-order chi connectivity index (χ0) is 20.5. The first-order chi connectivity index (χ1) is 13.1. The number of carbonyl (C=O) groups is 1. The molecule has 0 aliphatic heterocycles. The molecule has 0 aliphatic rings. The number of rotatable bonds is 5. The SMILES string of the molecule is Cc1cc(NC(=O)C(C)Sc2nnc(-c3ccc(C(C)(C)C)cc3)n2C)no1. The summed E-state index contributed by atoms with van der Waals surface area (Å²) in [6.07, 6.45) is 0. The number of anilines is 1. The van der Waals surface area contributed by atoms with Crippen LogP contribution >= 0.6 is 11.8 Å². The molecule has 0 spiro atoms. The van der Waals surface area contributed by atoms with E-state index in [4.69, 9.17) is 4.52 Å². The van der Waals surface area contributed by atoms with E-state index < -0.39 is 0 Å². The van der Waals surface area contributed by atoms with E-state index in [1.807, 2.05) is 18.5 Å². The maximum atomic E-state index is 12.4. The van der Waals surface area contributed by atoms with Gasteiger partial charge in [0, 0.05) is 18.7 Å². The van der Waals surface area contributed by atoms with Crippen LogP contribution in [0.5, 0.6) is 0 Å². The maximum Gasteiger partial charge on any atom is 0.238 e. The van der Waals surface area contributed by atoms with Gasteiger partial charge in [-0.1, -0.05) is 62.0 Å². The van der Waals surface area contributed by atoms with Crippen LogP contribution in [-0.4, -0.2) is 31.1 Å². The second-order valence-electron chi connectivity index (χ2n) is 7.76. The van der Waals surface area contributed by atoms with E-state index in [1.165, 1.54) is 17.3 Å². The molecule has 0 bridgehead atoms. The van der Waals surface area contributed by atoms with Gasteiger partial charge < -0.3 is 14.4 Å². The van der Waals surface area contributed by atoms with Crippen LogP contribution in [0.25, 0.3) is 11.4 Å². The summed E-state index contributed by atoms with van der Waals surface area (Å²) >= 11 is 1.35. The molecule has 8 heteroatoms. The van der Waals surface area contributed by atoms with E-state index in [0.717, 1.165) is 11.4 Å². The van der Waals surface area contributed by atoms with Crippen LogP contribution in [0.1, 0.15) is 39.0 Å². The van der Waals surface area contributed by atoms with Crippen molar-refractivity contribution in [3.63, 3.8) is 0 Å². The highest BCUT2D eigenvalue weighted by atomic mass is 32.2. The van der Waals surface area contributed by atoms with Crippen LogP contribution in [-0.2, 0) is 17.3 Å². The molecule has 3 aromatic rings. The molecule has 1 unspecified atom stereocenters. The van der Waals surface area contributed by atoms with Crippen molar-refractivity contribution in [1.82, 2.24) is 19.9 Å². The molecule has 3 rings (SSSR count). The zero-order valence-electron chi connectivity index (χ0n) is 17.0. The largest absolute Gasteiger partial charge is 0.360 e. The molecule has 0 saturated heterocycles. The molecule has 0 fully saturated rings. The number of hydrogen-bond acceptors (Lipinski definition) is 6. The summed E-state index contributed by atoms with van der Waals surface area (Å²) in [5, 5.41) is 15.4. The molecule has 7 nitrogen and oxygen atoms in total. The topological polar surface area (TPSA) is 85.8 Å². The molecule has 0 aliphatic carbocycles. The van der Waals surface area contributed by atoms with Crippen LogP contribution in [0.2, 0.25) is 0 Å². The third-order valence-corrected chi connectivity index (χ3v) is 5.51. The third kappa shape index (κ3) is 4.44. The predicted molar refractivity (Wildman–Crippen MR) is 110 cm³/mol. The monoisotopic (exact) mass is 399 g/mol. The number of nitrogens with zero attached hydrogens (tertiary/aromatic N) is 4. The van der Waals surface area contributed by atoms with E-state index in [1.54, 1.807) is 13.0 Å². The smallest absolute Gasteiger partial charge is 0.238 e. The number of aromatic nitrogens is 4. The molecule has 1 amide bonds. The van der Waals surface area contributed by atoms with Gasteiger partial charge >= 0.3 is 0 Å². The fourth-order valence-electron chi connectivity index (χ4n) is 2.65. The maximum absolute atomic E-state index is 12.4. The molecule has 1 N–H and O–H groups in total. The molecule has 28 heavy (non-hydrogen) atoms. The lowest BCUT2D eigenvalue weighted by atomic mass is 9.87. The second-order valence-corrected chi connectivity index (χ2v) is 9.07. The van der Waals surface area contributed by atoms with Crippen molar-refractivity contribution in [3.8, 4) is 11.4 Å². The highest BCUT2D eigenvalue weighted by molar-refractivity contribution is 8.00. The highest BCUT2D eigenvalue weighted by Gasteiger charge is 2.21. The normalized spacial score (nSPS) is 12.8. The first-order valence-corrected chi connectivity index (χ1v) is 9.94.